The van der Waals surface area contributed by atoms with E-state index in [1.54, 1.807) is 30.4 Å². The lowest BCUT2D eigenvalue weighted by molar-refractivity contribution is 0.412. The standard InChI is InChI=1S/C9H8BrN3O/c1-14-9-2-8(4-11-5-9)13-6-7(10)3-12-13/h2-6H,1H3. The zero-order chi connectivity index (χ0) is 9.97. The summed E-state index contributed by atoms with van der Waals surface area (Å²) < 4.78 is 7.72. The van der Waals surface area contributed by atoms with Crippen LogP contribution in [0.4, 0.5) is 0 Å². The Kier molecular flexibility index (Phi) is 2.49. The zero-order valence-electron chi connectivity index (χ0n) is 7.51. The molecular weight excluding hydrogens is 246 g/mol. The van der Waals surface area contributed by atoms with Gasteiger partial charge in [-0.15, -0.1) is 0 Å². The summed E-state index contributed by atoms with van der Waals surface area (Å²) in [6.07, 6.45) is 6.96. The lowest BCUT2D eigenvalue weighted by atomic mass is 10.4. The Labute approximate surface area is 89.7 Å². The molecule has 0 aliphatic carbocycles. The van der Waals surface area contributed by atoms with E-state index in [9.17, 15) is 0 Å². The first-order valence-electron chi connectivity index (χ1n) is 3.99. The fourth-order valence-electron chi connectivity index (χ4n) is 1.09. The van der Waals surface area contributed by atoms with Gasteiger partial charge in [0.15, 0.2) is 0 Å². The topological polar surface area (TPSA) is 39.9 Å². The molecule has 14 heavy (non-hydrogen) atoms. The third kappa shape index (κ3) is 1.77. The fraction of sp³-hybridized carbons (Fsp3) is 0.111. The maximum atomic E-state index is 5.07. The van der Waals surface area contributed by atoms with Crippen molar-refractivity contribution in [3.05, 3.63) is 35.3 Å². The first-order valence-corrected chi connectivity index (χ1v) is 4.78. The molecule has 0 spiro atoms. The van der Waals surface area contributed by atoms with Crippen LogP contribution < -0.4 is 4.74 Å². The van der Waals surface area contributed by atoms with Gasteiger partial charge in [-0.05, 0) is 15.9 Å². The molecule has 0 fully saturated rings. The monoisotopic (exact) mass is 253 g/mol. The smallest absolute Gasteiger partial charge is 0.139 e. The van der Waals surface area contributed by atoms with E-state index in [-0.39, 0.29) is 0 Å². The molecule has 2 rings (SSSR count). The van der Waals surface area contributed by atoms with E-state index in [0.717, 1.165) is 10.2 Å². The maximum absolute atomic E-state index is 5.07. The SMILES string of the molecule is COc1cncc(-n2cc(Br)cn2)c1. The quantitative estimate of drug-likeness (QED) is 0.823. The van der Waals surface area contributed by atoms with Gasteiger partial charge in [0, 0.05) is 12.3 Å². The van der Waals surface area contributed by atoms with E-state index in [2.05, 4.69) is 26.0 Å². The number of halogens is 1. The number of hydrogen-bond acceptors (Lipinski definition) is 3. The third-order valence-corrected chi connectivity index (χ3v) is 2.16. The van der Waals surface area contributed by atoms with Gasteiger partial charge < -0.3 is 4.74 Å². The average molecular weight is 254 g/mol. The average Bonchev–Trinajstić information content (AvgIpc) is 2.65. The summed E-state index contributed by atoms with van der Waals surface area (Å²) >= 11 is 3.33. The Balaban J connectivity index is 2.41. The molecule has 0 saturated carbocycles. The van der Waals surface area contributed by atoms with Crippen LogP contribution in [-0.2, 0) is 0 Å². The summed E-state index contributed by atoms with van der Waals surface area (Å²) in [4.78, 5) is 4.04. The van der Waals surface area contributed by atoms with Gasteiger partial charge in [0.05, 0.1) is 35.9 Å². The highest BCUT2D eigenvalue weighted by Crippen LogP contribution is 2.15. The first kappa shape index (κ1) is 9.21. The largest absolute Gasteiger partial charge is 0.495 e. The molecule has 0 atom stereocenters. The van der Waals surface area contributed by atoms with Crippen molar-refractivity contribution in [1.29, 1.82) is 0 Å². The van der Waals surface area contributed by atoms with Gasteiger partial charge in [-0.25, -0.2) is 4.68 Å². The van der Waals surface area contributed by atoms with Gasteiger partial charge >= 0.3 is 0 Å². The molecule has 0 aliphatic rings. The Morgan fingerprint density at radius 1 is 1.36 bits per heavy atom. The van der Waals surface area contributed by atoms with Crippen LogP contribution >= 0.6 is 15.9 Å². The summed E-state index contributed by atoms with van der Waals surface area (Å²) in [6, 6.07) is 1.87. The van der Waals surface area contributed by atoms with Crippen molar-refractivity contribution < 1.29 is 4.74 Å². The van der Waals surface area contributed by atoms with Crippen LogP contribution in [0.15, 0.2) is 35.3 Å². The number of ether oxygens (including phenoxy) is 1. The van der Waals surface area contributed by atoms with Crippen LogP contribution in [0.25, 0.3) is 5.69 Å². The highest BCUT2D eigenvalue weighted by molar-refractivity contribution is 9.10. The maximum Gasteiger partial charge on any atom is 0.139 e. The number of aromatic nitrogens is 3. The highest BCUT2D eigenvalue weighted by atomic mass is 79.9. The van der Waals surface area contributed by atoms with Crippen LogP contribution in [0.5, 0.6) is 5.75 Å². The van der Waals surface area contributed by atoms with Gasteiger partial charge in [0.25, 0.3) is 0 Å². The van der Waals surface area contributed by atoms with Crippen LogP contribution in [0.2, 0.25) is 0 Å². The lowest BCUT2D eigenvalue weighted by Gasteiger charge is -2.02. The highest BCUT2D eigenvalue weighted by Gasteiger charge is 2.00. The van der Waals surface area contributed by atoms with Crippen LogP contribution in [-0.4, -0.2) is 21.9 Å². The number of methoxy groups -OCH3 is 1. The molecule has 0 N–H and O–H groups in total. The van der Waals surface area contributed by atoms with E-state index in [0.29, 0.717) is 5.75 Å². The second-order valence-electron chi connectivity index (χ2n) is 2.69. The molecule has 0 radical (unpaired) electrons. The van der Waals surface area contributed by atoms with Crippen molar-refractivity contribution in [3.63, 3.8) is 0 Å². The normalized spacial score (nSPS) is 10.1. The molecule has 0 bridgehead atoms. The van der Waals surface area contributed by atoms with Crippen LogP contribution in [0.1, 0.15) is 0 Å². The molecule has 0 saturated heterocycles. The molecule has 4 nitrogen and oxygen atoms in total. The van der Waals surface area contributed by atoms with Crippen LogP contribution in [0, 0.1) is 0 Å². The van der Waals surface area contributed by atoms with Crippen molar-refractivity contribution in [2.24, 2.45) is 0 Å². The van der Waals surface area contributed by atoms with E-state index in [1.807, 2.05) is 12.3 Å². The van der Waals surface area contributed by atoms with Gasteiger partial charge in [-0.1, -0.05) is 0 Å². The first-order chi connectivity index (χ1) is 6.79. The minimum atomic E-state index is 0.717. The lowest BCUT2D eigenvalue weighted by Crippen LogP contribution is -1.95. The Morgan fingerprint density at radius 3 is 2.86 bits per heavy atom. The molecule has 0 aliphatic heterocycles. The Morgan fingerprint density at radius 2 is 2.21 bits per heavy atom. The molecule has 0 amide bonds. The van der Waals surface area contributed by atoms with E-state index >= 15 is 0 Å². The molecule has 2 heterocycles. The van der Waals surface area contributed by atoms with Gasteiger partial charge in [0.1, 0.15) is 5.75 Å². The Hall–Kier alpha value is -1.36. The van der Waals surface area contributed by atoms with Crippen LogP contribution in [0.3, 0.4) is 0 Å². The molecule has 72 valence electrons. The van der Waals surface area contributed by atoms with E-state index in [1.165, 1.54) is 0 Å². The summed E-state index contributed by atoms with van der Waals surface area (Å²) in [5.74, 6) is 0.717. The molecule has 2 aromatic heterocycles. The minimum Gasteiger partial charge on any atom is -0.495 e. The minimum absolute atomic E-state index is 0.717. The summed E-state index contributed by atoms with van der Waals surface area (Å²) in [5.41, 5.74) is 0.870. The number of rotatable bonds is 2. The second-order valence-corrected chi connectivity index (χ2v) is 3.60. The van der Waals surface area contributed by atoms with Gasteiger partial charge in [0.2, 0.25) is 0 Å². The van der Waals surface area contributed by atoms with Gasteiger partial charge in [-0.3, -0.25) is 4.98 Å². The third-order valence-electron chi connectivity index (χ3n) is 1.75. The number of hydrogen-bond donors (Lipinski definition) is 0. The van der Waals surface area contributed by atoms with E-state index in [4.69, 9.17) is 4.74 Å². The van der Waals surface area contributed by atoms with Crippen molar-refractivity contribution in [3.8, 4) is 11.4 Å². The van der Waals surface area contributed by atoms with Gasteiger partial charge in [-0.2, -0.15) is 5.10 Å². The molecular formula is C9H8BrN3O. The predicted molar refractivity (Wildman–Crippen MR) is 55.6 cm³/mol. The summed E-state index contributed by atoms with van der Waals surface area (Å²) in [7, 11) is 1.61. The molecule has 5 heteroatoms. The predicted octanol–water partition coefficient (Wildman–Crippen LogP) is 2.04. The molecule has 0 aromatic carbocycles. The number of pyridine rings is 1. The fourth-order valence-corrected chi connectivity index (χ4v) is 1.37. The second kappa shape index (κ2) is 3.79. The molecule has 2 aromatic rings. The zero-order valence-corrected chi connectivity index (χ0v) is 9.10. The van der Waals surface area contributed by atoms with E-state index < -0.39 is 0 Å². The van der Waals surface area contributed by atoms with Crippen molar-refractivity contribution in [2.75, 3.05) is 7.11 Å². The number of nitrogens with zero attached hydrogens (tertiary/aromatic N) is 3. The summed E-state index contributed by atoms with van der Waals surface area (Å²) in [6.45, 7) is 0. The van der Waals surface area contributed by atoms with Crippen molar-refractivity contribution in [2.45, 2.75) is 0 Å². The van der Waals surface area contributed by atoms with Crippen molar-refractivity contribution in [1.82, 2.24) is 14.8 Å². The summed E-state index contributed by atoms with van der Waals surface area (Å²) in [5, 5.41) is 4.14. The molecule has 0 unspecified atom stereocenters. The van der Waals surface area contributed by atoms with Crippen molar-refractivity contribution >= 4 is 15.9 Å². The Bertz CT molecular complexity index is 441.